The third kappa shape index (κ3) is 2.60. The van der Waals surface area contributed by atoms with Crippen LogP contribution in [0.2, 0.25) is 5.02 Å². The van der Waals surface area contributed by atoms with Crippen LogP contribution in [0.4, 0.5) is 5.82 Å². The Labute approximate surface area is 122 Å². The zero-order valence-electron chi connectivity index (χ0n) is 11.2. The fourth-order valence-electron chi connectivity index (χ4n) is 3.28. The number of aromatic nitrogens is 1. The van der Waals surface area contributed by atoms with Gasteiger partial charge >= 0.3 is 5.97 Å². The van der Waals surface area contributed by atoms with Crippen LogP contribution in [0.1, 0.15) is 36.2 Å². The summed E-state index contributed by atoms with van der Waals surface area (Å²) < 4.78 is 0. The Morgan fingerprint density at radius 3 is 3.00 bits per heavy atom. The Bertz CT molecular complexity index is 523. The van der Waals surface area contributed by atoms with Gasteiger partial charge in [0.05, 0.1) is 5.02 Å². The van der Waals surface area contributed by atoms with Crippen molar-refractivity contribution >= 4 is 23.4 Å². The summed E-state index contributed by atoms with van der Waals surface area (Å²) in [7, 11) is 0. The molecule has 0 bridgehead atoms. The van der Waals surface area contributed by atoms with E-state index in [0.717, 1.165) is 13.0 Å². The van der Waals surface area contributed by atoms with E-state index >= 15 is 0 Å². The van der Waals surface area contributed by atoms with Gasteiger partial charge in [-0.1, -0.05) is 18.0 Å². The van der Waals surface area contributed by atoms with Gasteiger partial charge in [-0.3, -0.25) is 4.90 Å². The fraction of sp³-hybridized carbons (Fsp3) is 0.571. The molecule has 3 heterocycles. The Morgan fingerprint density at radius 1 is 1.35 bits per heavy atom. The molecule has 6 heteroatoms. The molecule has 0 amide bonds. The molecule has 3 rings (SSSR count). The summed E-state index contributed by atoms with van der Waals surface area (Å²) in [6.07, 6.45) is 4.84. The van der Waals surface area contributed by atoms with Crippen LogP contribution in [0.5, 0.6) is 0 Å². The quantitative estimate of drug-likeness (QED) is 0.897. The van der Waals surface area contributed by atoms with Gasteiger partial charge in [-0.25, -0.2) is 9.78 Å². The average Bonchev–Trinajstić information content (AvgIpc) is 2.84. The largest absolute Gasteiger partial charge is 0.476 e. The lowest BCUT2D eigenvalue weighted by atomic mass is 9.99. The van der Waals surface area contributed by atoms with E-state index in [2.05, 4.69) is 15.2 Å². The summed E-state index contributed by atoms with van der Waals surface area (Å²) in [6, 6.07) is 4.24. The second kappa shape index (κ2) is 5.58. The Balaban J connectivity index is 1.74. The molecule has 0 aromatic carbocycles. The number of halogens is 1. The molecule has 0 saturated carbocycles. The maximum atomic E-state index is 11.1. The molecule has 2 saturated heterocycles. The standard InChI is InChI=1S/C14H18ClN3O2/c15-9-4-5-12(17-13(9)14(19)20)16-10-6-8-18-7-2-1-3-11(10)18/h4-5,10-11H,1-3,6-8H2,(H,16,17)(H,19,20). The van der Waals surface area contributed by atoms with E-state index in [0.29, 0.717) is 17.9 Å². The van der Waals surface area contributed by atoms with Crippen molar-refractivity contribution in [2.75, 3.05) is 18.4 Å². The lowest BCUT2D eigenvalue weighted by Gasteiger charge is -2.32. The first-order chi connectivity index (χ1) is 9.65. The summed E-state index contributed by atoms with van der Waals surface area (Å²) in [5.74, 6) is -0.492. The number of hydrogen-bond donors (Lipinski definition) is 2. The maximum Gasteiger partial charge on any atom is 0.356 e. The Hall–Kier alpha value is -1.33. The van der Waals surface area contributed by atoms with E-state index in [9.17, 15) is 4.79 Å². The second-order valence-corrected chi connectivity index (χ2v) is 5.88. The molecule has 1 aromatic rings. The molecule has 108 valence electrons. The predicted molar refractivity (Wildman–Crippen MR) is 77.4 cm³/mol. The minimum Gasteiger partial charge on any atom is -0.476 e. The predicted octanol–water partition coefficient (Wildman–Crippen LogP) is 2.47. The van der Waals surface area contributed by atoms with Gasteiger partial charge in [-0.05, 0) is 37.9 Å². The number of carbonyl (C=O) groups is 1. The van der Waals surface area contributed by atoms with Gasteiger partial charge in [-0.15, -0.1) is 0 Å². The highest BCUT2D eigenvalue weighted by molar-refractivity contribution is 6.33. The second-order valence-electron chi connectivity index (χ2n) is 5.47. The molecular weight excluding hydrogens is 278 g/mol. The summed E-state index contributed by atoms with van der Waals surface area (Å²) in [5, 5.41) is 12.6. The average molecular weight is 296 g/mol. The first-order valence-electron chi connectivity index (χ1n) is 7.05. The number of carboxylic acids is 1. The number of rotatable bonds is 3. The molecule has 2 aliphatic rings. The molecule has 2 aliphatic heterocycles. The first kappa shape index (κ1) is 13.6. The third-order valence-corrected chi connectivity index (χ3v) is 4.54. The number of hydrogen-bond acceptors (Lipinski definition) is 4. The van der Waals surface area contributed by atoms with E-state index < -0.39 is 5.97 Å². The molecule has 1 aromatic heterocycles. The van der Waals surface area contributed by atoms with Gasteiger partial charge in [0.15, 0.2) is 5.69 Å². The minimum atomic E-state index is -1.09. The van der Waals surface area contributed by atoms with Crippen LogP contribution in [-0.4, -0.2) is 46.1 Å². The van der Waals surface area contributed by atoms with Crippen molar-refractivity contribution in [2.45, 2.75) is 37.8 Å². The van der Waals surface area contributed by atoms with Crippen molar-refractivity contribution in [3.8, 4) is 0 Å². The van der Waals surface area contributed by atoms with Crippen LogP contribution in [0.15, 0.2) is 12.1 Å². The lowest BCUT2D eigenvalue weighted by Crippen LogP contribution is -2.41. The molecular formula is C14H18ClN3O2. The monoisotopic (exact) mass is 295 g/mol. The molecule has 0 aliphatic carbocycles. The molecule has 2 atom stereocenters. The Kier molecular flexibility index (Phi) is 3.81. The summed E-state index contributed by atoms with van der Waals surface area (Å²) in [4.78, 5) is 17.7. The highest BCUT2D eigenvalue weighted by Gasteiger charge is 2.35. The van der Waals surface area contributed by atoms with E-state index in [1.165, 1.54) is 25.8 Å². The van der Waals surface area contributed by atoms with Crippen LogP contribution in [0.3, 0.4) is 0 Å². The van der Waals surface area contributed by atoms with E-state index in [-0.39, 0.29) is 10.7 Å². The number of aromatic carboxylic acids is 1. The lowest BCUT2D eigenvalue weighted by molar-refractivity contribution is 0.0691. The van der Waals surface area contributed by atoms with Crippen molar-refractivity contribution in [1.82, 2.24) is 9.88 Å². The highest BCUT2D eigenvalue weighted by Crippen LogP contribution is 2.29. The van der Waals surface area contributed by atoms with Crippen molar-refractivity contribution in [2.24, 2.45) is 0 Å². The minimum absolute atomic E-state index is 0.0878. The topological polar surface area (TPSA) is 65.5 Å². The van der Waals surface area contributed by atoms with Crippen LogP contribution in [0.25, 0.3) is 0 Å². The smallest absolute Gasteiger partial charge is 0.356 e. The van der Waals surface area contributed by atoms with E-state index in [1.54, 1.807) is 12.1 Å². The number of fused-ring (bicyclic) bond motifs is 1. The van der Waals surface area contributed by atoms with E-state index in [4.69, 9.17) is 16.7 Å². The molecule has 2 fully saturated rings. The van der Waals surface area contributed by atoms with Gasteiger partial charge < -0.3 is 10.4 Å². The van der Waals surface area contributed by atoms with Crippen LogP contribution < -0.4 is 5.32 Å². The molecule has 0 radical (unpaired) electrons. The number of piperidine rings is 1. The number of nitrogens with one attached hydrogen (secondary N) is 1. The normalized spacial score (nSPS) is 26.2. The van der Waals surface area contributed by atoms with Gasteiger partial charge in [0.2, 0.25) is 0 Å². The van der Waals surface area contributed by atoms with Crippen molar-refractivity contribution in [1.29, 1.82) is 0 Å². The van der Waals surface area contributed by atoms with Crippen LogP contribution in [0, 0.1) is 0 Å². The summed E-state index contributed by atoms with van der Waals surface area (Å²) in [6.45, 7) is 2.29. The van der Waals surface area contributed by atoms with E-state index in [1.807, 2.05) is 0 Å². The SMILES string of the molecule is O=C(O)c1nc(NC2CCN3CCCCC23)ccc1Cl. The van der Waals surface area contributed by atoms with Crippen LogP contribution >= 0.6 is 11.6 Å². The number of anilines is 1. The van der Waals surface area contributed by atoms with Gasteiger partial charge in [0.25, 0.3) is 0 Å². The first-order valence-corrected chi connectivity index (χ1v) is 7.43. The number of pyridine rings is 1. The van der Waals surface area contributed by atoms with Gasteiger partial charge in [0.1, 0.15) is 5.82 Å². The van der Waals surface area contributed by atoms with Crippen molar-refractivity contribution < 1.29 is 9.90 Å². The zero-order chi connectivity index (χ0) is 14.1. The third-order valence-electron chi connectivity index (χ3n) is 4.24. The van der Waals surface area contributed by atoms with Gasteiger partial charge in [0, 0.05) is 18.6 Å². The number of nitrogens with zero attached hydrogens (tertiary/aromatic N) is 2. The molecule has 5 nitrogen and oxygen atoms in total. The Morgan fingerprint density at radius 2 is 2.20 bits per heavy atom. The molecule has 2 unspecified atom stereocenters. The fourth-order valence-corrected chi connectivity index (χ4v) is 3.46. The number of carboxylic acid groups (broad SMARTS) is 1. The van der Waals surface area contributed by atoms with Crippen molar-refractivity contribution in [3.05, 3.63) is 22.8 Å². The summed E-state index contributed by atoms with van der Waals surface area (Å²) in [5.41, 5.74) is -0.0878. The zero-order valence-corrected chi connectivity index (χ0v) is 11.9. The summed E-state index contributed by atoms with van der Waals surface area (Å²) >= 11 is 5.84. The van der Waals surface area contributed by atoms with Gasteiger partial charge in [-0.2, -0.15) is 0 Å². The highest BCUT2D eigenvalue weighted by atomic mass is 35.5. The molecule has 20 heavy (non-hydrogen) atoms. The maximum absolute atomic E-state index is 11.1. The van der Waals surface area contributed by atoms with Crippen LogP contribution in [-0.2, 0) is 0 Å². The van der Waals surface area contributed by atoms with Crippen molar-refractivity contribution in [3.63, 3.8) is 0 Å². The molecule has 2 N–H and O–H groups in total. The molecule has 0 spiro atoms.